The minimum atomic E-state index is -3.63. The second-order valence-corrected chi connectivity index (χ2v) is 12.5. The van der Waals surface area contributed by atoms with Crippen LogP contribution < -0.4 is 0 Å². The molecule has 2 aromatic rings. The van der Waals surface area contributed by atoms with Crippen LogP contribution in [0, 0.1) is 11.8 Å². The molecule has 1 aliphatic heterocycles. The highest BCUT2D eigenvalue weighted by atomic mass is 31.2. The summed E-state index contributed by atoms with van der Waals surface area (Å²) in [7, 11) is -3.63. The summed E-state index contributed by atoms with van der Waals surface area (Å²) < 4.78 is 31.6. The predicted octanol–water partition coefficient (Wildman–Crippen LogP) is 6.92. The van der Waals surface area contributed by atoms with E-state index in [1.807, 2.05) is 87.5 Å². The van der Waals surface area contributed by atoms with Crippen LogP contribution in [0.4, 0.5) is 4.79 Å². The van der Waals surface area contributed by atoms with Gasteiger partial charge in [-0.25, -0.2) is 9.69 Å². The molecular weight excluding hydrogens is 501 g/mol. The van der Waals surface area contributed by atoms with Gasteiger partial charge in [0.2, 0.25) is 5.91 Å². The zero-order valence-electron chi connectivity index (χ0n) is 22.8. The van der Waals surface area contributed by atoms with Crippen LogP contribution in [0.3, 0.4) is 0 Å². The second-order valence-electron chi connectivity index (χ2n) is 10.3. The molecule has 4 rings (SSSR count). The molecule has 1 aliphatic carbocycles. The Kier molecular flexibility index (Phi) is 8.61. The van der Waals surface area contributed by atoms with Gasteiger partial charge >= 0.3 is 13.7 Å². The average Bonchev–Trinajstić information content (AvgIpc) is 3.23. The summed E-state index contributed by atoms with van der Waals surface area (Å²) in [5, 5.41) is 0. The zero-order valence-corrected chi connectivity index (χ0v) is 23.7. The van der Waals surface area contributed by atoms with E-state index in [1.165, 1.54) is 4.90 Å². The molecule has 2 aliphatic rings. The highest BCUT2D eigenvalue weighted by molar-refractivity contribution is 7.54. The van der Waals surface area contributed by atoms with Crippen LogP contribution in [0.2, 0.25) is 0 Å². The van der Waals surface area contributed by atoms with Gasteiger partial charge in [0.1, 0.15) is 0 Å². The number of imide groups is 1. The van der Waals surface area contributed by atoms with Gasteiger partial charge < -0.3 is 13.8 Å². The second kappa shape index (κ2) is 11.6. The van der Waals surface area contributed by atoms with Crippen molar-refractivity contribution in [1.29, 1.82) is 0 Å². The molecule has 0 aromatic heterocycles. The first-order valence-corrected chi connectivity index (χ1v) is 15.0. The molecule has 1 unspecified atom stereocenters. The van der Waals surface area contributed by atoms with Crippen molar-refractivity contribution in [2.24, 2.45) is 11.8 Å². The van der Waals surface area contributed by atoms with Crippen LogP contribution in [0.1, 0.15) is 58.6 Å². The maximum atomic E-state index is 14.4. The van der Waals surface area contributed by atoms with E-state index in [4.69, 9.17) is 13.8 Å². The topological polar surface area (TPSA) is 82.1 Å². The fourth-order valence-corrected chi connectivity index (χ4v) is 8.32. The van der Waals surface area contributed by atoms with Crippen LogP contribution in [-0.2, 0) is 28.7 Å². The lowest BCUT2D eigenvalue weighted by Gasteiger charge is -2.40. The van der Waals surface area contributed by atoms with E-state index in [0.717, 1.165) is 16.7 Å². The van der Waals surface area contributed by atoms with Gasteiger partial charge in [-0.05, 0) is 39.5 Å². The summed E-state index contributed by atoms with van der Waals surface area (Å²) in [5.41, 5.74) is 0.718. The summed E-state index contributed by atoms with van der Waals surface area (Å²) in [6.07, 6.45) is 2.02. The normalized spacial score (nSPS) is 23.3. The predicted molar refractivity (Wildman–Crippen MR) is 147 cm³/mol. The van der Waals surface area contributed by atoms with E-state index in [-0.39, 0.29) is 19.1 Å². The molecule has 204 valence electrons. The Labute approximate surface area is 225 Å². The number of carbonyl (C=O) groups is 2. The summed E-state index contributed by atoms with van der Waals surface area (Å²) in [5.74, 6) is -1.30. The summed E-state index contributed by atoms with van der Waals surface area (Å²) in [6.45, 7) is 9.84. The smallest absolute Gasteiger partial charge is 0.418 e. The highest BCUT2D eigenvalue weighted by Crippen LogP contribution is 2.60. The van der Waals surface area contributed by atoms with Crippen molar-refractivity contribution in [2.45, 2.75) is 64.8 Å². The molecule has 1 heterocycles. The Morgan fingerprint density at radius 1 is 1.03 bits per heavy atom. The number of rotatable bonds is 9. The molecule has 0 bridgehead atoms. The van der Waals surface area contributed by atoms with Crippen LogP contribution in [0.15, 0.2) is 72.3 Å². The molecule has 0 spiro atoms. The molecule has 1 saturated heterocycles. The van der Waals surface area contributed by atoms with E-state index in [0.29, 0.717) is 12.8 Å². The molecule has 0 radical (unpaired) electrons. The number of carbonyl (C=O) groups excluding carboxylic acids is 2. The van der Waals surface area contributed by atoms with E-state index < -0.39 is 42.8 Å². The lowest BCUT2D eigenvalue weighted by atomic mass is 9.75. The lowest BCUT2D eigenvalue weighted by molar-refractivity contribution is -0.135. The Balaban J connectivity index is 1.84. The summed E-state index contributed by atoms with van der Waals surface area (Å²) >= 11 is 0. The number of ether oxygens (including phenoxy) is 1. The SMILES string of the molecule is CCOP(=O)(OCC)[C@H]1CC(C)=CC[C@@H]1C(=O)N1C(=O)OC(c2ccccc2)(c2ccccc2)C1C(C)C. The summed E-state index contributed by atoms with van der Waals surface area (Å²) in [4.78, 5) is 29.4. The van der Waals surface area contributed by atoms with Crippen molar-refractivity contribution in [3.63, 3.8) is 0 Å². The lowest BCUT2D eigenvalue weighted by Crippen LogP contribution is -2.52. The zero-order chi connectivity index (χ0) is 27.5. The quantitative estimate of drug-likeness (QED) is 0.254. The summed E-state index contributed by atoms with van der Waals surface area (Å²) in [6, 6.07) is 18.5. The van der Waals surface area contributed by atoms with Crippen LogP contribution in [-0.4, -0.2) is 41.8 Å². The minimum absolute atomic E-state index is 0.143. The van der Waals surface area contributed by atoms with Crippen molar-refractivity contribution in [2.75, 3.05) is 13.2 Å². The van der Waals surface area contributed by atoms with Crippen molar-refractivity contribution in [3.05, 3.63) is 83.4 Å². The molecule has 3 atom stereocenters. The molecule has 1 fully saturated rings. The third kappa shape index (κ3) is 5.00. The first-order chi connectivity index (χ1) is 18.2. The van der Waals surface area contributed by atoms with Crippen molar-refractivity contribution in [1.82, 2.24) is 4.90 Å². The molecule has 0 N–H and O–H groups in total. The highest BCUT2D eigenvalue weighted by Gasteiger charge is 2.61. The molecule has 2 aromatic carbocycles. The number of amides is 2. The van der Waals surface area contributed by atoms with Crippen LogP contribution in [0.5, 0.6) is 0 Å². The number of cyclic esters (lactones) is 1. The van der Waals surface area contributed by atoms with Gasteiger partial charge in [0, 0.05) is 11.1 Å². The number of benzene rings is 2. The van der Waals surface area contributed by atoms with Gasteiger partial charge in [0.15, 0.2) is 5.60 Å². The monoisotopic (exact) mass is 539 g/mol. The fourth-order valence-electron chi connectivity index (χ4n) is 5.94. The molecular formula is C30H38NO6P. The van der Waals surface area contributed by atoms with E-state index in [1.54, 1.807) is 13.8 Å². The molecule has 0 saturated carbocycles. The van der Waals surface area contributed by atoms with Crippen molar-refractivity contribution >= 4 is 19.6 Å². The Morgan fingerprint density at radius 2 is 1.55 bits per heavy atom. The van der Waals surface area contributed by atoms with Gasteiger partial charge in [-0.1, -0.05) is 86.2 Å². The van der Waals surface area contributed by atoms with Crippen molar-refractivity contribution < 1.29 is 27.9 Å². The maximum Gasteiger partial charge on any atom is 0.418 e. The fraction of sp³-hybridized carbons (Fsp3) is 0.467. The first-order valence-electron chi connectivity index (χ1n) is 13.4. The van der Waals surface area contributed by atoms with Gasteiger partial charge in [-0.3, -0.25) is 9.36 Å². The standard InChI is InChI=1S/C30H38NO6P/c1-6-35-38(34,36-7-2)26-20-22(5)18-19-25(26)28(32)31-27(21(3)4)30(37-29(31)33,23-14-10-8-11-15-23)24-16-12-9-13-17-24/h8-18,21,25-27H,6-7,19-20H2,1-5H3/t25-,26-,27?/m0/s1. The van der Waals surface area contributed by atoms with Gasteiger partial charge in [-0.2, -0.15) is 0 Å². The van der Waals surface area contributed by atoms with E-state index in [9.17, 15) is 14.2 Å². The number of allylic oxidation sites excluding steroid dienone is 2. The largest absolute Gasteiger partial charge is 0.430 e. The Morgan fingerprint density at radius 3 is 2.03 bits per heavy atom. The van der Waals surface area contributed by atoms with Gasteiger partial charge in [-0.15, -0.1) is 0 Å². The Bertz CT molecular complexity index is 1160. The van der Waals surface area contributed by atoms with Gasteiger partial charge in [0.25, 0.3) is 0 Å². The Hall–Kier alpha value is -2.73. The third-order valence-electron chi connectivity index (χ3n) is 7.47. The van der Waals surface area contributed by atoms with E-state index >= 15 is 0 Å². The maximum absolute atomic E-state index is 14.4. The first kappa shape index (κ1) is 28.3. The number of hydrogen-bond donors (Lipinski definition) is 0. The number of hydrogen-bond acceptors (Lipinski definition) is 6. The van der Waals surface area contributed by atoms with Gasteiger partial charge in [0.05, 0.1) is 30.8 Å². The molecule has 2 amide bonds. The molecule has 38 heavy (non-hydrogen) atoms. The average molecular weight is 540 g/mol. The number of nitrogens with zero attached hydrogens (tertiary/aromatic N) is 1. The van der Waals surface area contributed by atoms with E-state index in [2.05, 4.69) is 0 Å². The van der Waals surface area contributed by atoms with Crippen molar-refractivity contribution in [3.8, 4) is 0 Å². The van der Waals surface area contributed by atoms with Crippen LogP contribution >= 0.6 is 7.60 Å². The minimum Gasteiger partial charge on any atom is -0.430 e. The molecule has 8 heteroatoms. The third-order valence-corrected chi connectivity index (χ3v) is 10.1. The van der Waals surface area contributed by atoms with Crippen LogP contribution in [0.25, 0.3) is 0 Å². The molecule has 7 nitrogen and oxygen atoms in total.